The molecule has 0 aliphatic carbocycles. The minimum Gasteiger partial charge on any atom is -0.353 e. The number of hydrogen-bond donors (Lipinski definition) is 0. The van der Waals surface area contributed by atoms with E-state index >= 15 is 0 Å². The molecule has 4 heteroatoms. The van der Waals surface area contributed by atoms with Crippen molar-refractivity contribution in [2.75, 3.05) is 12.5 Å². The van der Waals surface area contributed by atoms with E-state index < -0.39 is 6.10 Å². The van der Waals surface area contributed by atoms with E-state index in [1.54, 1.807) is 0 Å². The van der Waals surface area contributed by atoms with Gasteiger partial charge in [0.15, 0.2) is 6.29 Å². The smallest absolute Gasteiger partial charge is 0.156 e. The van der Waals surface area contributed by atoms with Crippen LogP contribution in [0.1, 0.15) is 53.9 Å². The number of alkyl halides is 1. The highest BCUT2D eigenvalue weighted by Crippen LogP contribution is 2.20. The van der Waals surface area contributed by atoms with Gasteiger partial charge in [-0.1, -0.05) is 30.2 Å². The molecule has 0 saturated carbocycles. The van der Waals surface area contributed by atoms with E-state index in [1.165, 1.54) is 11.1 Å². The summed E-state index contributed by atoms with van der Waals surface area (Å²) < 4.78 is 10.9. The van der Waals surface area contributed by atoms with Gasteiger partial charge in [0.1, 0.15) is 6.10 Å². The van der Waals surface area contributed by atoms with Gasteiger partial charge in [0, 0.05) is 12.5 Å². The lowest BCUT2D eigenvalue weighted by Gasteiger charge is -2.20. The normalized spacial score (nSPS) is 17.0. The van der Waals surface area contributed by atoms with E-state index in [1.807, 2.05) is 19.9 Å². The molecule has 3 unspecified atom stereocenters. The van der Waals surface area contributed by atoms with Crippen LogP contribution in [0.3, 0.4) is 0 Å². The highest BCUT2D eigenvalue weighted by atomic mass is 35.5. The summed E-state index contributed by atoms with van der Waals surface area (Å²) in [6, 6.07) is 2.21. The molecular formula is C18H30ClNO2. The molecule has 0 saturated heterocycles. The Labute approximate surface area is 140 Å². The topological polar surface area (TPSA) is 42.2 Å². The Morgan fingerprint density at radius 3 is 2.50 bits per heavy atom. The molecule has 0 fully saturated rings. The Morgan fingerprint density at radius 1 is 1.27 bits per heavy atom. The fourth-order valence-corrected chi connectivity index (χ4v) is 2.38. The van der Waals surface area contributed by atoms with Crippen LogP contribution in [-0.4, -0.2) is 24.9 Å². The molecule has 0 aliphatic rings. The third kappa shape index (κ3) is 10.00. The summed E-state index contributed by atoms with van der Waals surface area (Å²) in [5.41, 5.74) is 2.61. The molecule has 0 amide bonds. The van der Waals surface area contributed by atoms with Crippen LogP contribution in [0.25, 0.3) is 0 Å². The van der Waals surface area contributed by atoms with Crippen molar-refractivity contribution >= 4 is 11.6 Å². The number of nitriles is 1. The zero-order valence-corrected chi connectivity index (χ0v) is 15.3. The summed E-state index contributed by atoms with van der Waals surface area (Å²) >= 11 is 5.68. The highest BCUT2D eigenvalue weighted by Gasteiger charge is 2.17. The quantitative estimate of drug-likeness (QED) is 0.297. The van der Waals surface area contributed by atoms with E-state index in [9.17, 15) is 5.26 Å². The van der Waals surface area contributed by atoms with E-state index in [4.69, 9.17) is 21.1 Å². The van der Waals surface area contributed by atoms with Crippen molar-refractivity contribution in [1.82, 2.24) is 0 Å². The lowest BCUT2D eigenvalue weighted by molar-refractivity contribution is -0.146. The summed E-state index contributed by atoms with van der Waals surface area (Å²) in [5.74, 6) is 0.889. The van der Waals surface area contributed by atoms with Crippen LogP contribution in [0.5, 0.6) is 0 Å². The molecule has 0 radical (unpaired) electrons. The molecule has 3 nitrogen and oxygen atoms in total. The van der Waals surface area contributed by atoms with E-state index in [0.29, 0.717) is 24.8 Å². The largest absolute Gasteiger partial charge is 0.353 e. The molecule has 0 bridgehead atoms. The Kier molecular flexibility index (Phi) is 12.2. The van der Waals surface area contributed by atoms with Gasteiger partial charge >= 0.3 is 0 Å². The summed E-state index contributed by atoms with van der Waals surface area (Å²) in [4.78, 5) is 0. The van der Waals surface area contributed by atoms with Gasteiger partial charge in [-0.3, -0.25) is 0 Å². The Bertz CT molecular complexity index is 398. The zero-order valence-electron chi connectivity index (χ0n) is 14.6. The molecule has 0 aromatic rings. The van der Waals surface area contributed by atoms with Crippen molar-refractivity contribution in [3.8, 4) is 6.07 Å². The van der Waals surface area contributed by atoms with Crippen molar-refractivity contribution in [2.45, 2.75) is 66.3 Å². The maximum Gasteiger partial charge on any atom is 0.156 e. The molecule has 0 heterocycles. The molecular weight excluding hydrogens is 298 g/mol. The summed E-state index contributed by atoms with van der Waals surface area (Å²) in [6.07, 6.45) is 6.23. The van der Waals surface area contributed by atoms with Gasteiger partial charge in [0.05, 0.1) is 6.07 Å². The fourth-order valence-electron chi connectivity index (χ4n) is 2.11. The van der Waals surface area contributed by atoms with Crippen LogP contribution >= 0.6 is 11.6 Å². The number of nitrogens with zero attached hydrogens (tertiary/aromatic N) is 1. The molecule has 0 N–H and O–H groups in total. The van der Waals surface area contributed by atoms with Gasteiger partial charge in [-0.15, -0.1) is 11.6 Å². The molecule has 0 aliphatic heterocycles. The number of hydrogen-bond acceptors (Lipinski definition) is 3. The number of ether oxygens (including phenoxy) is 2. The first-order chi connectivity index (χ1) is 10.4. The lowest BCUT2D eigenvalue weighted by Crippen LogP contribution is -2.23. The molecule has 0 aromatic heterocycles. The van der Waals surface area contributed by atoms with Crippen molar-refractivity contribution in [3.63, 3.8) is 0 Å². The van der Waals surface area contributed by atoms with Gasteiger partial charge in [-0.2, -0.15) is 5.26 Å². The second-order valence-corrected chi connectivity index (χ2v) is 5.91. The molecule has 22 heavy (non-hydrogen) atoms. The zero-order chi connectivity index (χ0) is 17.0. The molecule has 3 atom stereocenters. The molecule has 0 aromatic carbocycles. The Hall–Kier alpha value is -0.820. The second-order valence-electron chi connectivity index (χ2n) is 5.61. The third-order valence-corrected chi connectivity index (χ3v) is 3.83. The fraction of sp³-hybridized carbons (Fsp3) is 0.722. The summed E-state index contributed by atoms with van der Waals surface area (Å²) in [7, 11) is 0. The van der Waals surface area contributed by atoms with E-state index in [0.717, 1.165) is 12.8 Å². The average Bonchev–Trinajstić information content (AvgIpc) is 2.46. The van der Waals surface area contributed by atoms with Crippen LogP contribution in [0.4, 0.5) is 0 Å². The van der Waals surface area contributed by atoms with Gasteiger partial charge < -0.3 is 9.47 Å². The standard InChI is InChI=1S/C18H30ClNO2/c1-6-21-17(5)22-18(13-20)12-16(4)15(3)9-7-8-14(2)10-11-19/h9-10,16-18H,6-8,11-12H2,1-5H3/b14-10+,15-9+. The maximum atomic E-state index is 9.21. The van der Waals surface area contributed by atoms with Crippen LogP contribution in [0, 0.1) is 17.2 Å². The molecule has 0 rings (SSSR count). The van der Waals surface area contributed by atoms with Crippen molar-refractivity contribution < 1.29 is 9.47 Å². The first-order valence-corrected chi connectivity index (χ1v) is 8.52. The van der Waals surface area contributed by atoms with Gasteiger partial charge in [0.2, 0.25) is 0 Å². The monoisotopic (exact) mass is 327 g/mol. The van der Waals surface area contributed by atoms with Gasteiger partial charge in [-0.05, 0) is 52.9 Å². The van der Waals surface area contributed by atoms with Crippen LogP contribution < -0.4 is 0 Å². The Balaban J connectivity index is 4.34. The predicted molar refractivity (Wildman–Crippen MR) is 92.8 cm³/mol. The lowest BCUT2D eigenvalue weighted by atomic mass is 9.95. The van der Waals surface area contributed by atoms with Crippen molar-refractivity contribution in [1.29, 1.82) is 5.26 Å². The molecule has 126 valence electrons. The third-order valence-electron chi connectivity index (χ3n) is 3.68. The molecule has 0 spiro atoms. The number of allylic oxidation sites excluding steroid dienone is 4. The summed E-state index contributed by atoms with van der Waals surface area (Å²) in [5, 5.41) is 9.21. The minimum absolute atomic E-state index is 0.316. The Morgan fingerprint density at radius 2 is 1.95 bits per heavy atom. The summed E-state index contributed by atoms with van der Waals surface area (Å²) in [6.45, 7) is 10.7. The van der Waals surface area contributed by atoms with Crippen LogP contribution in [-0.2, 0) is 9.47 Å². The minimum atomic E-state index is -0.433. The first-order valence-electron chi connectivity index (χ1n) is 7.99. The van der Waals surface area contributed by atoms with Gasteiger partial charge in [0.25, 0.3) is 0 Å². The van der Waals surface area contributed by atoms with Crippen LogP contribution in [0.2, 0.25) is 0 Å². The maximum absolute atomic E-state index is 9.21. The van der Waals surface area contributed by atoms with Crippen molar-refractivity contribution in [2.24, 2.45) is 5.92 Å². The average molecular weight is 328 g/mol. The van der Waals surface area contributed by atoms with E-state index in [-0.39, 0.29) is 6.29 Å². The SMILES string of the molecule is CCOC(C)OC(C#N)CC(C)/C(C)=C/CC/C(C)=C/CCl. The van der Waals surface area contributed by atoms with Gasteiger partial charge in [-0.25, -0.2) is 0 Å². The van der Waals surface area contributed by atoms with Crippen LogP contribution in [0.15, 0.2) is 23.3 Å². The number of halogens is 1. The second kappa shape index (κ2) is 12.7. The predicted octanol–water partition coefficient (Wildman–Crippen LogP) is 5.22. The van der Waals surface area contributed by atoms with E-state index in [2.05, 4.69) is 32.9 Å². The first kappa shape index (κ1) is 21.2. The van der Waals surface area contributed by atoms with Crippen molar-refractivity contribution in [3.05, 3.63) is 23.3 Å². The number of rotatable bonds is 11. The highest BCUT2D eigenvalue weighted by molar-refractivity contribution is 6.18.